The highest BCUT2D eigenvalue weighted by Crippen LogP contribution is 1.86. The molecule has 0 fully saturated rings. The second-order valence-corrected chi connectivity index (χ2v) is 1.45. The molecule has 1 atom stereocenters. The van der Waals surface area contributed by atoms with E-state index in [0.717, 1.165) is 0 Å². The van der Waals surface area contributed by atoms with Gasteiger partial charge in [-0.15, -0.1) is 12.3 Å². The zero-order chi connectivity index (χ0) is 7.28. The minimum atomic E-state index is -0.792. The molecule has 0 aliphatic rings. The van der Waals surface area contributed by atoms with Crippen LogP contribution in [-0.2, 0) is 9.45 Å². The Bertz CT molecular complexity index is 140. The Balaban J connectivity index is 3.62. The van der Waals surface area contributed by atoms with Crippen LogP contribution in [0.1, 0.15) is 6.42 Å². The van der Waals surface area contributed by atoms with Crippen LogP contribution in [0, 0.1) is 12.3 Å². The Kier molecular flexibility index (Phi) is 3.57. The van der Waals surface area contributed by atoms with E-state index in [1.165, 1.54) is 0 Å². The highest BCUT2D eigenvalue weighted by molar-refractivity contribution is 6.06. The van der Waals surface area contributed by atoms with Crippen molar-refractivity contribution in [2.75, 3.05) is 0 Å². The predicted octanol–water partition coefficient (Wildman–Crippen LogP) is -1.04. The molecule has 0 aromatic rings. The van der Waals surface area contributed by atoms with Gasteiger partial charge in [-0.25, -0.2) is 0 Å². The summed E-state index contributed by atoms with van der Waals surface area (Å²) in [6, 6.07) is -0.792. The Labute approximate surface area is 55.0 Å². The van der Waals surface area contributed by atoms with E-state index in [4.69, 9.17) is 12.2 Å². The van der Waals surface area contributed by atoms with Crippen LogP contribution in [0.3, 0.4) is 0 Å². The average molecular weight is 123 g/mol. The molecule has 0 amide bonds. The second kappa shape index (κ2) is 3.99. The molecule has 46 valence electrons. The van der Waals surface area contributed by atoms with E-state index in [0.29, 0.717) is 0 Å². The van der Waals surface area contributed by atoms with Crippen molar-refractivity contribution in [3.8, 4) is 12.3 Å². The fourth-order valence-electron chi connectivity index (χ4n) is 0.298. The van der Waals surface area contributed by atoms with Crippen molar-refractivity contribution < 1.29 is 9.45 Å². The Morgan fingerprint density at radius 2 is 2.56 bits per heavy atom. The first kappa shape index (κ1) is 8.05. The molecule has 0 spiro atoms. The van der Waals surface area contributed by atoms with Crippen molar-refractivity contribution in [2.24, 2.45) is 5.73 Å². The van der Waals surface area contributed by atoms with Gasteiger partial charge in [-0.1, -0.05) is 0 Å². The van der Waals surface area contributed by atoms with Gasteiger partial charge in [-0.3, -0.25) is 4.79 Å². The Morgan fingerprint density at radius 3 is 2.89 bits per heavy atom. The molecule has 4 heteroatoms. The smallest absolute Gasteiger partial charge is 0.378 e. The third kappa shape index (κ3) is 2.78. The molecule has 0 aromatic carbocycles. The maximum atomic E-state index is 10.3. The zero-order valence-electron chi connectivity index (χ0n) is 4.83. The number of rotatable bonds is 2. The SMILES string of the molecule is [B]OC(=O)[C@@H](N)CC#C. The zero-order valence-corrected chi connectivity index (χ0v) is 4.83. The van der Waals surface area contributed by atoms with Gasteiger partial charge in [0.2, 0.25) is 0 Å². The van der Waals surface area contributed by atoms with E-state index >= 15 is 0 Å². The number of terminal acetylenes is 1. The van der Waals surface area contributed by atoms with Crippen LogP contribution in [-0.4, -0.2) is 20.1 Å². The Morgan fingerprint density at radius 1 is 2.00 bits per heavy atom. The molecule has 9 heavy (non-hydrogen) atoms. The van der Waals surface area contributed by atoms with E-state index in [9.17, 15) is 4.79 Å². The van der Waals surface area contributed by atoms with Crippen LogP contribution in [0.2, 0.25) is 0 Å². The van der Waals surface area contributed by atoms with Crippen LogP contribution < -0.4 is 5.73 Å². The predicted molar refractivity (Wildman–Crippen MR) is 33.3 cm³/mol. The van der Waals surface area contributed by atoms with Gasteiger partial charge in [0.1, 0.15) is 6.04 Å². The standard InChI is InChI=1S/C5H6BNO2/c1-2-3-4(7)5(8)9-6/h1,4H,3,7H2/t4-/m0/s1. The first-order chi connectivity index (χ1) is 4.22. The molecule has 2 N–H and O–H groups in total. The third-order valence-electron chi connectivity index (χ3n) is 0.757. The summed E-state index contributed by atoms with van der Waals surface area (Å²) < 4.78 is 3.81. The molecule has 0 saturated heterocycles. The van der Waals surface area contributed by atoms with Crippen molar-refractivity contribution >= 4 is 14.0 Å². The number of hydrogen-bond acceptors (Lipinski definition) is 3. The topological polar surface area (TPSA) is 52.3 Å². The quantitative estimate of drug-likeness (QED) is 0.377. The Hall–Kier alpha value is -0.945. The van der Waals surface area contributed by atoms with Crippen molar-refractivity contribution in [3.05, 3.63) is 0 Å². The normalized spacial score (nSPS) is 11.6. The van der Waals surface area contributed by atoms with E-state index in [-0.39, 0.29) is 6.42 Å². The molecule has 0 aliphatic carbocycles. The average Bonchev–Trinajstić information content (AvgIpc) is 1.87. The lowest BCUT2D eigenvalue weighted by molar-refractivity contribution is -0.135. The molecule has 0 rings (SSSR count). The maximum Gasteiger partial charge on any atom is 0.378 e. The van der Waals surface area contributed by atoms with Crippen molar-refractivity contribution in [2.45, 2.75) is 12.5 Å². The van der Waals surface area contributed by atoms with Crippen molar-refractivity contribution in [3.63, 3.8) is 0 Å². The summed E-state index contributed by atoms with van der Waals surface area (Å²) in [4.78, 5) is 10.3. The van der Waals surface area contributed by atoms with Gasteiger partial charge in [0, 0.05) is 6.42 Å². The highest BCUT2D eigenvalue weighted by atomic mass is 16.5. The molecule has 0 aliphatic heterocycles. The number of nitrogens with two attached hydrogens (primary N) is 1. The van der Waals surface area contributed by atoms with Gasteiger partial charge < -0.3 is 10.4 Å². The molecule has 0 aromatic heterocycles. The summed E-state index contributed by atoms with van der Waals surface area (Å²) in [6.45, 7) is 0. The summed E-state index contributed by atoms with van der Waals surface area (Å²) in [5.41, 5.74) is 5.14. The lowest BCUT2D eigenvalue weighted by Gasteiger charge is -2.03. The summed E-state index contributed by atoms with van der Waals surface area (Å²) in [5, 5.41) is 0. The summed E-state index contributed by atoms with van der Waals surface area (Å²) in [5.74, 6) is 1.51. The second-order valence-electron chi connectivity index (χ2n) is 1.45. The number of carbonyl (C=O) groups excluding carboxylic acids is 1. The van der Waals surface area contributed by atoms with E-state index in [2.05, 4.69) is 18.6 Å². The lowest BCUT2D eigenvalue weighted by Crippen LogP contribution is -2.31. The minimum Gasteiger partial charge on any atom is -0.542 e. The van der Waals surface area contributed by atoms with Gasteiger partial charge in [-0.2, -0.15) is 0 Å². The van der Waals surface area contributed by atoms with E-state index in [1.807, 2.05) is 0 Å². The van der Waals surface area contributed by atoms with Gasteiger partial charge in [0.15, 0.2) is 0 Å². The first-order valence-corrected chi connectivity index (χ1v) is 2.32. The molecular weight excluding hydrogens is 117 g/mol. The first-order valence-electron chi connectivity index (χ1n) is 2.32. The number of hydrogen-bond donors (Lipinski definition) is 1. The van der Waals surface area contributed by atoms with Crippen LogP contribution >= 0.6 is 0 Å². The number of carbonyl (C=O) groups is 1. The highest BCUT2D eigenvalue weighted by Gasteiger charge is 2.09. The molecular formula is C5H6BNO2. The van der Waals surface area contributed by atoms with Gasteiger partial charge in [0.25, 0.3) is 0 Å². The molecule has 0 unspecified atom stereocenters. The van der Waals surface area contributed by atoms with E-state index in [1.54, 1.807) is 0 Å². The van der Waals surface area contributed by atoms with Crippen LogP contribution in [0.5, 0.6) is 0 Å². The van der Waals surface area contributed by atoms with Crippen LogP contribution in [0.25, 0.3) is 0 Å². The van der Waals surface area contributed by atoms with Crippen LogP contribution in [0.4, 0.5) is 0 Å². The van der Waals surface area contributed by atoms with Crippen molar-refractivity contribution in [1.29, 1.82) is 0 Å². The third-order valence-corrected chi connectivity index (χ3v) is 0.757. The molecule has 0 heterocycles. The summed E-state index contributed by atoms with van der Waals surface area (Å²) in [7, 11) is 4.51. The maximum absolute atomic E-state index is 10.3. The van der Waals surface area contributed by atoms with E-state index < -0.39 is 12.0 Å². The van der Waals surface area contributed by atoms with Gasteiger partial charge in [0.05, 0.1) is 0 Å². The summed E-state index contributed by atoms with van der Waals surface area (Å²) in [6.07, 6.45) is 4.99. The monoisotopic (exact) mass is 123 g/mol. The largest absolute Gasteiger partial charge is 0.542 e. The molecule has 0 saturated carbocycles. The van der Waals surface area contributed by atoms with Gasteiger partial charge >= 0.3 is 14.0 Å². The molecule has 2 radical (unpaired) electrons. The van der Waals surface area contributed by atoms with Gasteiger partial charge in [-0.05, 0) is 0 Å². The van der Waals surface area contributed by atoms with Crippen LogP contribution in [0.15, 0.2) is 0 Å². The minimum absolute atomic E-state index is 0.149. The fourth-order valence-corrected chi connectivity index (χ4v) is 0.298. The van der Waals surface area contributed by atoms with Crippen molar-refractivity contribution in [1.82, 2.24) is 0 Å². The molecule has 3 nitrogen and oxygen atoms in total. The summed E-state index contributed by atoms with van der Waals surface area (Å²) >= 11 is 0. The fraction of sp³-hybridized carbons (Fsp3) is 0.400. The lowest BCUT2D eigenvalue weighted by atomic mass is 10.2. The molecule has 0 bridgehead atoms.